The second-order valence-electron chi connectivity index (χ2n) is 8.49. The zero-order chi connectivity index (χ0) is 21.1. The Morgan fingerprint density at radius 3 is 2.74 bits per heavy atom. The lowest BCUT2D eigenvalue weighted by molar-refractivity contribution is -0.0989. The maximum atomic E-state index is 6.41. The van der Waals surface area contributed by atoms with Crippen molar-refractivity contribution in [3.8, 4) is 5.75 Å². The van der Waals surface area contributed by atoms with Gasteiger partial charge in [-0.05, 0) is 61.6 Å². The summed E-state index contributed by atoms with van der Waals surface area (Å²) in [4.78, 5) is 15.3. The molecule has 2 aromatic heterocycles. The second kappa shape index (κ2) is 8.73. The molecule has 0 atom stereocenters. The van der Waals surface area contributed by atoms with E-state index in [0.717, 1.165) is 68.2 Å². The van der Waals surface area contributed by atoms with Gasteiger partial charge in [0.25, 0.3) is 0 Å². The number of hydrogen-bond acceptors (Lipinski definition) is 6. The lowest BCUT2D eigenvalue weighted by Gasteiger charge is -2.45. The van der Waals surface area contributed by atoms with E-state index in [1.807, 2.05) is 37.5 Å². The van der Waals surface area contributed by atoms with Crippen LogP contribution in [-0.2, 0) is 29.9 Å². The van der Waals surface area contributed by atoms with E-state index in [9.17, 15) is 0 Å². The predicted octanol–water partition coefficient (Wildman–Crippen LogP) is 3.82. The lowest BCUT2D eigenvalue weighted by atomic mass is 9.79. The van der Waals surface area contributed by atoms with E-state index in [4.69, 9.17) is 9.47 Å². The molecule has 160 valence electrons. The van der Waals surface area contributed by atoms with Crippen molar-refractivity contribution in [3.05, 3.63) is 83.2 Å². The summed E-state index contributed by atoms with van der Waals surface area (Å²) in [5, 5.41) is 0. The maximum absolute atomic E-state index is 6.41. The molecular formula is C25H28N4O2. The van der Waals surface area contributed by atoms with Crippen molar-refractivity contribution >= 4 is 0 Å². The van der Waals surface area contributed by atoms with Gasteiger partial charge in [-0.25, -0.2) is 9.97 Å². The molecule has 0 saturated carbocycles. The third kappa shape index (κ3) is 4.45. The van der Waals surface area contributed by atoms with E-state index in [-0.39, 0.29) is 5.60 Å². The van der Waals surface area contributed by atoms with Crippen LogP contribution in [0.4, 0.5) is 0 Å². The summed E-state index contributed by atoms with van der Waals surface area (Å²) in [6.07, 6.45) is 8.32. The average Bonchev–Trinajstić information content (AvgIpc) is 2.80. The number of aromatic nitrogens is 3. The fourth-order valence-corrected chi connectivity index (χ4v) is 4.74. The highest BCUT2D eigenvalue weighted by atomic mass is 16.5. The van der Waals surface area contributed by atoms with Crippen LogP contribution in [0.15, 0.2) is 55.1 Å². The minimum absolute atomic E-state index is 0.173. The van der Waals surface area contributed by atoms with Gasteiger partial charge in [0.1, 0.15) is 18.7 Å². The minimum Gasteiger partial charge on any atom is -0.487 e. The van der Waals surface area contributed by atoms with Crippen molar-refractivity contribution < 1.29 is 9.47 Å². The van der Waals surface area contributed by atoms with Gasteiger partial charge in [0.05, 0.1) is 17.9 Å². The number of ether oxygens (including phenoxy) is 2. The van der Waals surface area contributed by atoms with E-state index >= 15 is 0 Å². The van der Waals surface area contributed by atoms with Gasteiger partial charge >= 0.3 is 0 Å². The molecule has 0 radical (unpaired) electrons. The van der Waals surface area contributed by atoms with Crippen LogP contribution in [-0.4, -0.2) is 39.5 Å². The highest BCUT2D eigenvalue weighted by Gasteiger charge is 2.40. The number of rotatable bonds is 5. The second-order valence-corrected chi connectivity index (χ2v) is 8.49. The minimum atomic E-state index is -0.173. The van der Waals surface area contributed by atoms with Crippen molar-refractivity contribution in [1.29, 1.82) is 0 Å². The number of pyridine rings is 1. The van der Waals surface area contributed by atoms with Crippen LogP contribution in [0.5, 0.6) is 5.75 Å². The first-order valence-electron chi connectivity index (χ1n) is 11.0. The molecule has 5 rings (SSSR count). The van der Waals surface area contributed by atoms with E-state index in [1.54, 1.807) is 6.33 Å². The fraction of sp³-hybridized carbons (Fsp3) is 0.400. The Morgan fingerprint density at radius 1 is 1.10 bits per heavy atom. The maximum Gasteiger partial charge on any atom is 0.130 e. The Kier molecular flexibility index (Phi) is 5.66. The van der Waals surface area contributed by atoms with Crippen LogP contribution in [0.3, 0.4) is 0 Å². The van der Waals surface area contributed by atoms with Gasteiger partial charge in [-0.1, -0.05) is 12.1 Å². The quantitative estimate of drug-likeness (QED) is 0.630. The molecule has 0 amide bonds. The largest absolute Gasteiger partial charge is 0.487 e. The molecule has 0 aliphatic carbocycles. The molecule has 6 nitrogen and oxygen atoms in total. The SMILES string of the molecule is Cc1cccc(COc2ccc3c(c2)CCOC32CCN(Cc3cncnc3)CC2)n1. The smallest absolute Gasteiger partial charge is 0.130 e. The van der Waals surface area contributed by atoms with Crippen LogP contribution in [0.1, 0.15) is 40.9 Å². The van der Waals surface area contributed by atoms with Gasteiger partial charge in [-0.15, -0.1) is 0 Å². The number of fused-ring (bicyclic) bond motifs is 2. The number of likely N-dealkylation sites (tertiary alicyclic amines) is 1. The molecule has 1 saturated heterocycles. The Labute approximate surface area is 183 Å². The highest BCUT2D eigenvalue weighted by Crippen LogP contribution is 2.42. The molecular weight excluding hydrogens is 388 g/mol. The summed E-state index contributed by atoms with van der Waals surface area (Å²) >= 11 is 0. The molecule has 2 aliphatic rings. The summed E-state index contributed by atoms with van der Waals surface area (Å²) in [6, 6.07) is 12.5. The van der Waals surface area contributed by atoms with Gasteiger partial charge < -0.3 is 9.47 Å². The number of aryl methyl sites for hydroxylation is 1. The Hall–Kier alpha value is -2.83. The Morgan fingerprint density at radius 2 is 1.94 bits per heavy atom. The molecule has 3 aromatic rings. The van der Waals surface area contributed by atoms with Crippen LogP contribution < -0.4 is 4.74 Å². The molecule has 0 N–H and O–H groups in total. The fourth-order valence-electron chi connectivity index (χ4n) is 4.74. The monoisotopic (exact) mass is 416 g/mol. The molecule has 2 aliphatic heterocycles. The van der Waals surface area contributed by atoms with E-state index in [0.29, 0.717) is 6.61 Å². The first-order chi connectivity index (χ1) is 15.2. The first kappa shape index (κ1) is 20.1. The highest BCUT2D eigenvalue weighted by molar-refractivity contribution is 5.41. The molecule has 1 aromatic carbocycles. The lowest BCUT2D eigenvalue weighted by Crippen LogP contribution is -2.46. The predicted molar refractivity (Wildman–Crippen MR) is 118 cm³/mol. The summed E-state index contributed by atoms with van der Waals surface area (Å²) in [7, 11) is 0. The molecule has 0 bridgehead atoms. The summed E-state index contributed by atoms with van der Waals surface area (Å²) in [5.41, 5.74) is 5.64. The number of nitrogens with zero attached hydrogens (tertiary/aromatic N) is 4. The average molecular weight is 417 g/mol. The number of benzene rings is 1. The van der Waals surface area contributed by atoms with Crippen molar-refractivity contribution in [3.63, 3.8) is 0 Å². The van der Waals surface area contributed by atoms with Gasteiger partial charge in [0.15, 0.2) is 0 Å². The zero-order valence-corrected chi connectivity index (χ0v) is 18.0. The van der Waals surface area contributed by atoms with Crippen LogP contribution in [0.25, 0.3) is 0 Å². The summed E-state index contributed by atoms with van der Waals surface area (Å²) in [6.45, 7) is 6.16. The standard InChI is InChI=1S/C25H28N4O2/c1-19-3-2-4-22(28-19)17-30-23-5-6-24-21(13-23)7-12-31-25(24)8-10-29(11-9-25)16-20-14-26-18-27-15-20/h2-6,13-15,18H,7-12,16-17H2,1H3. The molecule has 0 unspecified atom stereocenters. The molecule has 1 spiro atoms. The van der Waals surface area contributed by atoms with Crippen molar-refractivity contribution in [2.75, 3.05) is 19.7 Å². The molecule has 31 heavy (non-hydrogen) atoms. The third-order valence-electron chi connectivity index (χ3n) is 6.33. The summed E-state index contributed by atoms with van der Waals surface area (Å²) in [5.74, 6) is 0.903. The summed E-state index contributed by atoms with van der Waals surface area (Å²) < 4.78 is 12.5. The normalized spacial score (nSPS) is 18.0. The Bertz CT molecular complexity index is 1030. The third-order valence-corrected chi connectivity index (χ3v) is 6.33. The molecule has 4 heterocycles. The van der Waals surface area contributed by atoms with Gasteiger partial charge in [-0.2, -0.15) is 0 Å². The Balaban J connectivity index is 1.26. The van der Waals surface area contributed by atoms with E-state index < -0.39 is 0 Å². The van der Waals surface area contributed by atoms with E-state index in [2.05, 4.69) is 38.1 Å². The molecule has 1 fully saturated rings. The number of hydrogen-bond donors (Lipinski definition) is 0. The number of piperidine rings is 1. The van der Waals surface area contributed by atoms with Gasteiger partial charge in [0, 0.05) is 43.3 Å². The molecule has 6 heteroatoms. The first-order valence-corrected chi connectivity index (χ1v) is 11.0. The van der Waals surface area contributed by atoms with Crippen molar-refractivity contribution in [2.45, 2.75) is 44.9 Å². The van der Waals surface area contributed by atoms with Crippen molar-refractivity contribution in [2.24, 2.45) is 0 Å². The van der Waals surface area contributed by atoms with Crippen molar-refractivity contribution in [1.82, 2.24) is 19.9 Å². The zero-order valence-electron chi connectivity index (χ0n) is 18.0. The van der Waals surface area contributed by atoms with Gasteiger partial charge in [-0.3, -0.25) is 9.88 Å². The topological polar surface area (TPSA) is 60.4 Å². The van der Waals surface area contributed by atoms with Crippen LogP contribution in [0.2, 0.25) is 0 Å². The van der Waals surface area contributed by atoms with Crippen LogP contribution >= 0.6 is 0 Å². The van der Waals surface area contributed by atoms with Crippen LogP contribution in [0, 0.1) is 6.92 Å². The van der Waals surface area contributed by atoms with Gasteiger partial charge in [0.2, 0.25) is 0 Å². The van der Waals surface area contributed by atoms with E-state index in [1.165, 1.54) is 11.1 Å².